The molecule has 0 radical (unpaired) electrons. The lowest BCUT2D eigenvalue weighted by atomic mass is 10.1. The van der Waals surface area contributed by atoms with Crippen molar-refractivity contribution in [1.82, 2.24) is 30.4 Å². The van der Waals surface area contributed by atoms with E-state index in [1.807, 2.05) is 32.0 Å². The summed E-state index contributed by atoms with van der Waals surface area (Å²) in [7, 11) is 0. The zero-order valence-electron chi connectivity index (χ0n) is 18.1. The molecule has 0 atom stereocenters. The van der Waals surface area contributed by atoms with Crippen molar-refractivity contribution in [1.29, 1.82) is 0 Å². The predicted molar refractivity (Wildman–Crippen MR) is 119 cm³/mol. The third-order valence-corrected chi connectivity index (χ3v) is 5.68. The molecule has 0 fully saturated rings. The second kappa shape index (κ2) is 8.83. The summed E-state index contributed by atoms with van der Waals surface area (Å²) in [6.07, 6.45) is 0. The molecule has 0 aliphatic carbocycles. The molecule has 0 unspecified atom stereocenters. The van der Waals surface area contributed by atoms with Gasteiger partial charge in [0.15, 0.2) is 0 Å². The second-order valence-corrected chi connectivity index (χ2v) is 8.27. The fraction of sp³-hybridized carbons (Fsp3) is 0.227. The summed E-state index contributed by atoms with van der Waals surface area (Å²) in [6.45, 7) is 7.32. The number of hydrogen-bond donors (Lipinski definition) is 2. The molecule has 0 aliphatic rings. The van der Waals surface area contributed by atoms with Crippen LogP contribution in [0.2, 0.25) is 0 Å². The normalized spacial score (nSPS) is 11.0. The molecule has 0 aliphatic heterocycles. The first-order valence-corrected chi connectivity index (χ1v) is 10.9. The molecule has 32 heavy (non-hydrogen) atoms. The van der Waals surface area contributed by atoms with E-state index in [0.29, 0.717) is 39.3 Å². The first kappa shape index (κ1) is 21.6. The van der Waals surface area contributed by atoms with Gasteiger partial charge in [0.2, 0.25) is 5.16 Å². The molecular formula is C22H22N6O3S. The van der Waals surface area contributed by atoms with Crippen LogP contribution in [0.5, 0.6) is 0 Å². The first-order chi connectivity index (χ1) is 15.3. The third kappa shape index (κ3) is 4.50. The highest BCUT2D eigenvalue weighted by Crippen LogP contribution is 2.23. The van der Waals surface area contributed by atoms with Crippen LogP contribution in [0.3, 0.4) is 0 Å². The molecule has 10 heteroatoms. The Labute approximate surface area is 188 Å². The number of thioether (sulfide) groups is 1. The van der Waals surface area contributed by atoms with Crippen molar-refractivity contribution in [2.45, 2.75) is 38.6 Å². The minimum Gasteiger partial charge on any atom is -0.466 e. The summed E-state index contributed by atoms with van der Waals surface area (Å²) >= 11 is 1.41. The Balaban J connectivity index is 1.44. The van der Waals surface area contributed by atoms with Crippen molar-refractivity contribution in [2.24, 2.45) is 0 Å². The lowest BCUT2D eigenvalue weighted by molar-refractivity contribution is 0.0845. The largest absolute Gasteiger partial charge is 0.466 e. The Kier molecular flexibility index (Phi) is 5.95. The monoisotopic (exact) mass is 450 g/mol. The maximum Gasteiger partial charge on any atom is 0.273 e. The highest BCUT2D eigenvalue weighted by atomic mass is 32.2. The average Bonchev–Trinajstić information content (AvgIpc) is 3.32. The summed E-state index contributed by atoms with van der Waals surface area (Å²) in [4.78, 5) is 33.9. The quantitative estimate of drug-likeness (QED) is 0.354. The smallest absolute Gasteiger partial charge is 0.273 e. The van der Waals surface area contributed by atoms with E-state index in [1.165, 1.54) is 11.8 Å². The molecule has 0 saturated carbocycles. The molecule has 2 N–H and O–H groups in total. The molecule has 3 aromatic heterocycles. The molecular weight excluding hydrogens is 428 g/mol. The van der Waals surface area contributed by atoms with Gasteiger partial charge in [-0.1, -0.05) is 30.0 Å². The number of rotatable bonds is 5. The average molecular weight is 451 g/mol. The Morgan fingerprint density at radius 3 is 2.44 bits per heavy atom. The Hall–Kier alpha value is -3.66. The number of benzene rings is 1. The molecule has 2 amide bonds. The number of carbonyl (C=O) groups excluding carboxylic acids is 2. The first-order valence-electron chi connectivity index (χ1n) is 9.91. The minimum absolute atomic E-state index is 0.378. The van der Waals surface area contributed by atoms with E-state index in [1.54, 1.807) is 36.6 Å². The maximum absolute atomic E-state index is 12.7. The Bertz CT molecular complexity index is 1330. The van der Waals surface area contributed by atoms with Crippen molar-refractivity contribution in [3.8, 4) is 0 Å². The summed E-state index contributed by atoms with van der Waals surface area (Å²) in [5, 5.41) is 5.06. The highest BCUT2D eigenvalue weighted by molar-refractivity contribution is 7.98. The number of hydrogen-bond acceptors (Lipinski definition) is 7. The second-order valence-electron chi connectivity index (χ2n) is 7.33. The molecule has 0 spiro atoms. The van der Waals surface area contributed by atoms with Gasteiger partial charge in [-0.3, -0.25) is 20.4 Å². The zero-order chi connectivity index (χ0) is 22.8. The predicted octanol–water partition coefficient (Wildman–Crippen LogP) is 3.32. The fourth-order valence-electron chi connectivity index (χ4n) is 3.32. The van der Waals surface area contributed by atoms with Crippen LogP contribution < -0.4 is 10.9 Å². The van der Waals surface area contributed by atoms with Crippen molar-refractivity contribution in [3.63, 3.8) is 0 Å². The van der Waals surface area contributed by atoms with Crippen LogP contribution in [0.25, 0.3) is 5.78 Å². The van der Waals surface area contributed by atoms with Gasteiger partial charge in [0.25, 0.3) is 17.6 Å². The van der Waals surface area contributed by atoms with Crippen LogP contribution in [-0.2, 0) is 5.75 Å². The van der Waals surface area contributed by atoms with Crippen LogP contribution >= 0.6 is 11.8 Å². The highest BCUT2D eigenvalue weighted by Gasteiger charge is 2.17. The van der Waals surface area contributed by atoms with E-state index in [-0.39, 0.29) is 0 Å². The molecule has 0 saturated heterocycles. The van der Waals surface area contributed by atoms with E-state index >= 15 is 0 Å². The number of furan rings is 1. The van der Waals surface area contributed by atoms with Crippen molar-refractivity contribution >= 4 is 29.4 Å². The molecule has 4 aromatic rings. The molecule has 1 aromatic carbocycles. The maximum atomic E-state index is 12.7. The van der Waals surface area contributed by atoms with E-state index in [0.717, 1.165) is 17.0 Å². The number of aromatic nitrogens is 4. The Morgan fingerprint density at radius 2 is 1.72 bits per heavy atom. The van der Waals surface area contributed by atoms with Gasteiger partial charge in [-0.2, -0.15) is 4.98 Å². The summed E-state index contributed by atoms with van der Waals surface area (Å²) in [5.41, 5.74) is 8.36. The minimum atomic E-state index is -0.438. The van der Waals surface area contributed by atoms with Crippen molar-refractivity contribution in [3.05, 3.63) is 76.0 Å². The van der Waals surface area contributed by atoms with Gasteiger partial charge in [0.1, 0.15) is 11.5 Å². The molecule has 164 valence electrons. The van der Waals surface area contributed by atoms with E-state index < -0.39 is 11.8 Å². The zero-order valence-corrected chi connectivity index (χ0v) is 18.9. The van der Waals surface area contributed by atoms with Crippen LogP contribution in [0.4, 0.5) is 0 Å². The number of hydrazine groups is 1. The lowest BCUT2D eigenvalue weighted by Crippen LogP contribution is -2.42. The summed E-state index contributed by atoms with van der Waals surface area (Å²) < 4.78 is 7.06. The van der Waals surface area contributed by atoms with Crippen molar-refractivity contribution in [2.75, 3.05) is 0 Å². The molecule has 0 bridgehead atoms. The standard InChI is InChI=1S/C22H22N6O3S/c1-12-9-13(2)28-21(23-12)24-22(27-28)32-11-16-7-5-6-8-17(16)19(29)25-26-20(30)18-10-14(3)31-15(18)4/h5-10H,11H2,1-4H3,(H,25,29)(H,26,30). The van der Waals surface area contributed by atoms with Gasteiger partial charge < -0.3 is 4.42 Å². The van der Waals surface area contributed by atoms with Gasteiger partial charge in [-0.05, 0) is 51.5 Å². The van der Waals surface area contributed by atoms with E-state index in [2.05, 4.69) is 25.9 Å². The van der Waals surface area contributed by atoms with Gasteiger partial charge in [-0.25, -0.2) is 9.50 Å². The van der Waals surface area contributed by atoms with Gasteiger partial charge in [-0.15, -0.1) is 5.10 Å². The molecule has 3 heterocycles. The number of fused-ring (bicyclic) bond motifs is 1. The topological polar surface area (TPSA) is 114 Å². The van der Waals surface area contributed by atoms with Gasteiger partial charge in [0.05, 0.1) is 5.56 Å². The van der Waals surface area contributed by atoms with E-state index in [9.17, 15) is 9.59 Å². The van der Waals surface area contributed by atoms with Crippen LogP contribution in [0, 0.1) is 27.7 Å². The van der Waals surface area contributed by atoms with Crippen molar-refractivity contribution < 1.29 is 14.0 Å². The number of amides is 2. The molecule has 9 nitrogen and oxygen atoms in total. The number of nitrogens with one attached hydrogen (secondary N) is 2. The molecule has 4 rings (SSSR count). The SMILES string of the molecule is Cc1cc(C)n2nc(SCc3ccccc3C(=O)NNC(=O)c3cc(C)oc3C)nc2n1. The van der Waals surface area contributed by atoms with Gasteiger partial charge >= 0.3 is 0 Å². The van der Waals surface area contributed by atoms with E-state index in [4.69, 9.17) is 4.42 Å². The van der Waals surface area contributed by atoms with Crippen LogP contribution in [0.1, 0.15) is 49.2 Å². The summed E-state index contributed by atoms with van der Waals surface area (Å²) in [6, 6.07) is 10.8. The number of nitrogens with zero attached hydrogens (tertiary/aromatic N) is 4. The third-order valence-electron chi connectivity index (χ3n) is 4.79. The lowest BCUT2D eigenvalue weighted by Gasteiger charge is -2.10. The number of carbonyl (C=O) groups is 2. The number of aryl methyl sites for hydroxylation is 4. The fourth-order valence-corrected chi connectivity index (χ4v) is 4.15. The van der Waals surface area contributed by atoms with Crippen LogP contribution in [-0.4, -0.2) is 31.4 Å². The van der Waals surface area contributed by atoms with Gasteiger partial charge in [0, 0.05) is 22.7 Å². The Morgan fingerprint density at radius 1 is 1.00 bits per heavy atom. The van der Waals surface area contributed by atoms with Crippen LogP contribution in [0.15, 0.2) is 46.0 Å². The summed E-state index contributed by atoms with van der Waals surface area (Å²) in [5.74, 6) is 1.29.